The van der Waals surface area contributed by atoms with E-state index in [4.69, 9.17) is 16.0 Å². The summed E-state index contributed by atoms with van der Waals surface area (Å²) in [5.74, 6) is -0.218. The lowest BCUT2D eigenvalue weighted by molar-refractivity contribution is -0.401. The Morgan fingerprint density at radius 3 is 2.63 bits per heavy atom. The molecule has 0 unspecified atom stereocenters. The van der Waals surface area contributed by atoms with Crippen molar-refractivity contribution in [2.75, 3.05) is 5.32 Å². The van der Waals surface area contributed by atoms with E-state index in [-0.39, 0.29) is 17.6 Å². The number of carbonyl (C=O) groups is 1. The van der Waals surface area contributed by atoms with E-state index >= 15 is 0 Å². The van der Waals surface area contributed by atoms with Gasteiger partial charge in [-0.2, -0.15) is 0 Å². The number of halogens is 1. The fraction of sp³-hybridized carbons (Fsp3) is 0. The zero-order valence-electron chi connectivity index (χ0n) is 13.6. The van der Waals surface area contributed by atoms with Crippen molar-refractivity contribution in [3.05, 3.63) is 75.3 Å². The zero-order chi connectivity index (χ0) is 19.0. The van der Waals surface area contributed by atoms with Crippen molar-refractivity contribution in [2.45, 2.75) is 0 Å². The van der Waals surface area contributed by atoms with Crippen molar-refractivity contribution in [2.24, 2.45) is 0 Å². The van der Waals surface area contributed by atoms with Gasteiger partial charge in [0.2, 0.25) is 0 Å². The molecule has 8 nitrogen and oxygen atoms in total. The van der Waals surface area contributed by atoms with Crippen LogP contribution in [0.25, 0.3) is 22.6 Å². The quantitative estimate of drug-likeness (QED) is 0.394. The Bertz CT molecular complexity index is 1160. The molecule has 9 heteroatoms. The molecule has 4 aromatic rings. The number of nitrogens with zero attached hydrogens (tertiary/aromatic N) is 2. The van der Waals surface area contributed by atoms with Gasteiger partial charge in [-0.25, -0.2) is 4.98 Å². The van der Waals surface area contributed by atoms with Crippen LogP contribution in [0, 0.1) is 10.1 Å². The fourth-order valence-electron chi connectivity index (χ4n) is 2.62. The van der Waals surface area contributed by atoms with Gasteiger partial charge in [0.1, 0.15) is 10.4 Å². The van der Waals surface area contributed by atoms with Gasteiger partial charge in [-0.1, -0.05) is 17.7 Å². The SMILES string of the molecule is O=C(Nc1ccc(Cl)cc1)c1cccc2[nH]c(-c3ccc([N+](=O)[O-])o3)nc12. The van der Waals surface area contributed by atoms with E-state index < -0.39 is 4.92 Å². The molecule has 0 aliphatic rings. The lowest BCUT2D eigenvalue weighted by atomic mass is 10.1. The Morgan fingerprint density at radius 1 is 1.15 bits per heavy atom. The average Bonchev–Trinajstić information content (AvgIpc) is 3.30. The average molecular weight is 383 g/mol. The van der Waals surface area contributed by atoms with E-state index in [2.05, 4.69) is 15.3 Å². The number of H-pyrrole nitrogens is 1. The number of anilines is 1. The third-order valence-corrected chi connectivity index (χ3v) is 4.12. The standard InChI is InChI=1S/C18H11ClN4O4/c19-10-4-6-11(7-5-10)20-18(24)12-2-1-3-13-16(12)22-17(21-13)14-8-9-15(27-14)23(25)26/h1-9H,(H,20,24)(H,21,22). The van der Waals surface area contributed by atoms with E-state index in [0.29, 0.717) is 33.1 Å². The maximum absolute atomic E-state index is 12.6. The summed E-state index contributed by atoms with van der Waals surface area (Å²) in [6, 6.07) is 14.5. The van der Waals surface area contributed by atoms with Crippen LogP contribution in [0.1, 0.15) is 10.4 Å². The molecule has 0 saturated heterocycles. The second-order valence-corrected chi connectivity index (χ2v) is 6.08. The van der Waals surface area contributed by atoms with Gasteiger partial charge in [0.05, 0.1) is 17.1 Å². The van der Waals surface area contributed by atoms with Crippen molar-refractivity contribution in [1.29, 1.82) is 0 Å². The van der Waals surface area contributed by atoms with Crippen LogP contribution >= 0.6 is 11.6 Å². The van der Waals surface area contributed by atoms with E-state index in [9.17, 15) is 14.9 Å². The highest BCUT2D eigenvalue weighted by molar-refractivity contribution is 6.30. The number of nitrogens with one attached hydrogen (secondary N) is 2. The third kappa shape index (κ3) is 3.25. The number of benzene rings is 2. The molecule has 4 rings (SSSR count). The van der Waals surface area contributed by atoms with Gasteiger partial charge in [-0.15, -0.1) is 0 Å². The molecule has 1 amide bonds. The number of amides is 1. The minimum atomic E-state index is -0.628. The van der Waals surface area contributed by atoms with Crippen LogP contribution in [0.4, 0.5) is 11.6 Å². The molecule has 2 aromatic heterocycles. The highest BCUT2D eigenvalue weighted by Crippen LogP contribution is 2.27. The minimum absolute atomic E-state index is 0.210. The summed E-state index contributed by atoms with van der Waals surface area (Å²) >= 11 is 5.85. The summed E-state index contributed by atoms with van der Waals surface area (Å²) in [5.41, 5.74) is 1.98. The summed E-state index contributed by atoms with van der Waals surface area (Å²) < 4.78 is 5.16. The minimum Gasteiger partial charge on any atom is -0.397 e. The summed E-state index contributed by atoms with van der Waals surface area (Å²) in [5, 5.41) is 14.1. The predicted molar refractivity (Wildman–Crippen MR) is 99.9 cm³/mol. The maximum Gasteiger partial charge on any atom is 0.433 e. The number of imidazole rings is 1. The van der Waals surface area contributed by atoms with Gasteiger partial charge >= 0.3 is 5.88 Å². The van der Waals surface area contributed by atoms with Crippen molar-refractivity contribution >= 4 is 40.1 Å². The zero-order valence-corrected chi connectivity index (χ0v) is 14.4. The summed E-state index contributed by atoms with van der Waals surface area (Å²) in [6.07, 6.45) is 0. The molecule has 0 bridgehead atoms. The molecule has 0 aliphatic heterocycles. The molecule has 0 spiro atoms. The van der Waals surface area contributed by atoms with E-state index in [0.717, 1.165) is 0 Å². The Kier molecular flexibility index (Phi) is 4.09. The lowest BCUT2D eigenvalue weighted by Crippen LogP contribution is -2.12. The molecule has 134 valence electrons. The first-order valence-electron chi connectivity index (χ1n) is 7.81. The number of hydrogen-bond donors (Lipinski definition) is 2. The molecular weight excluding hydrogens is 372 g/mol. The molecule has 2 N–H and O–H groups in total. The Hall–Kier alpha value is -3.65. The van der Waals surface area contributed by atoms with E-state index in [1.165, 1.54) is 12.1 Å². The first kappa shape index (κ1) is 16.8. The smallest absolute Gasteiger partial charge is 0.397 e. The van der Waals surface area contributed by atoms with Crippen LogP contribution in [0.3, 0.4) is 0 Å². The second kappa shape index (κ2) is 6.58. The van der Waals surface area contributed by atoms with Crippen molar-refractivity contribution in [1.82, 2.24) is 9.97 Å². The van der Waals surface area contributed by atoms with Crippen LogP contribution in [0.2, 0.25) is 5.02 Å². The number of rotatable bonds is 4. The van der Waals surface area contributed by atoms with E-state index in [1.807, 2.05) is 0 Å². The molecule has 0 aliphatic carbocycles. The first-order chi connectivity index (χ1) is 13.0. The third-order valence-electron chi connectivity index (χ3n) is 3.86. The maximum atomic E-state index is 12.6. The van der Waals surface area contributed by atoms with Gasteiger partial charge < -0.3 is 14.7 Å². The van der Waals surface area contributed by atoms with Crippen LogP contribution in [0.5, 0.6) is 0 Å². The number of furan rings is 1. The van der Waals surface area contributed by atoms with Crippen LogP contribution in [-0.4, -0.2) is 20.8 Å². The van der Waals surface area contributed by atoms with Gasteiger partial charge in [-0.05, 0) is 42.5 Å². The predicted octanol–water partition coefficient (Wildman–Crippen LogP) is 4.64. The monoisotopic (exact) mass is 382 g/mol. The number of fused-ring (bicyclic) bond motifs is 1. The summed E-state index contributed by atoms with van der Waals surface area (Å²) in [6.45, 7) is 0. The Balaban J connectivity index is 1.69. The Morgan fingerprint density at radius 2 is 1.93 bits per heavy atom. The normalized spacial score (nSPS) is 10.9. The lowest BCUT2D eigenvalue weighted by Gasteiger charge is -2.05. The largest absolute Gasteiger partial charge is 0.433 e. The highest BCUT2D eigenvalue weighted by atomic mass is 35.5. The van der Waals surface area contributed by atoms with Gasteiger partial charge in [0.25, 0.3) is 5.91 Å². The second-order valence-electron chi connectivity index (χ2n) is 5.64. The van der Waals surface area contributed by atoms with Crippen LogP contribution in [0.15, 0.2) is 59.0 Å². The molecule has 0 atom stereocenters. The molecule has 2 aromatic carbocycles. The first-order valence-corrected chi connectivity index (χ1v) is 8.19. The molecular formula is C18H11ClN4O4. The van der Waals surface area contributed by atoms with Gasteiger partial charge in [0, 0.05) is 10.7 Å². The topological polar surface area (TPSA) is 114 Å². The van der Waals surface area contributed by atoms with Crippen LogP contribution < -0.4 is 5.32 Å². The van der Waals surface area contributed by atoms with Crippen molar-refractivity contribution in [3.63, 3.8) is 0 Å². The van der Waals surface area contributed by atoms with Gasteiger partial charge in [-0.3, -0.25) is 14.9 Å². The number of para-hydroxylation sites is 1. The number of aromatic amines is 1. The number of carbonyl (C=O) groups excluding carboxylic acids is 1. The molecule has 0 fully saturated rings. The van der Waals surface area contributed by atoms with Gasteiger partial charge in [0.15, 0.2) is 11.6 Å². The Labute approximate surface area is 156 Å². The fourth-order valence-corrected chi connectivity index (χ4v) is 2.74. The molecule has 0 radical (unpaired) electrons. The summed E-state index contributed by atoms with van der Waals surface area (Å²) in [4.78, 5) is 30.2. The number of aromatic nitrogens is 2. The molecule has 0 saturated carbocycles. The van der Waals surface area contributed by atoms with Crippen molar-refractivity contribution in [3.8, 4) is 11.6 Å². The highest BCUT2D eigenvalue weighted by Gasteiger charge is 2.18. The van der Waals surface area contributed by atoms with Crippen LogP contribution in [-0.2, 0) is 0 Å². The van der Waals surface area contributed by atoms with Crippen molar-refractivity contribution < 1.29 is 14.1 Å². The number of hydrogen-bond acceptors (Lipinski definition) is 5. The number of nitro groups is 1. The van der Waals surface area contributed by atoms with E-state index in [1.54, 1.807) is 42.5 Å². The summed E-state index contributed by atoms with van der Waals surface area (Å²) in [7, 11) is 0. The molecule has 27 heavy (non-hydrogen) atoms. The molecule has 2 heterocycles.